The summed E-state index contributed by atoms with van der Waals surface area (Å²) < 4.78 is 13.1. The molecule has 160 valence electrons. The molecule has 2 heterocycles. The summed E-state index contributed by atoms with van der Waals surface area (Å²) in [6.45, 7) is 6.63. The van der Waals surface area contributed by atoms with Crippen LogP contribution in [0.5, 0.6) is 0 Å². The van der Waals surface area contributed by atoms with Gasteiger partial charge in [-0.3, -0.25) is 0 Å². The Morgan fingerprint density at radius 1 is 1.29 bits per heavy atom. The number of nitrogens with one attached hydrogen (secondary N) is 2. The molecule has 1 aliphatic carbocycles. The zero-order chi connectivity index (χ0) is 18.9. The number of rotatable bonds is 9. The number of ether oxygens (including phenoxy) is 2. The van der Waals surface area contributed by atoms with Gasteiger partial charge in [-0.25, -0.2) is 4.99 Å². The zero-order valence-corrected chi connectivity index (χ0v) is 19.5. The molecule has 2 N–H and O–H groups in total. The second-order valence-corrected chi connectivity index (χ2v) is 7.60. The molecule has 28 heavy (non-hydrogen) atoms. The van der Waals surface area contributed by atoms with Crippen molar-refractivity contribution in [3.05, 3.63) is 11.6 Å². The van der Waals surface area contributed by atoms with Crippen LogP contribution in [0.1, 0.15) is 50.2 Å². The van der Waals surface area contributed by atoms with Gasteiger partial charge in [-0.1, -0.05) is 12.8 Å². The third kappa shape index (κ3) is 7.47. The number of aliphatic imine (C=N–C) groups is 1. The average molecular weight is 506 g/mol. The summed E-state index contributed by atoms with van der Waals surface area (Å²) >= 11 is 0. The monoisotopic (exact) mass is 506 g/mol. The van der Waals surface area contributed by atoms with E-state index in [9.17, 15) is 0 Å². The van der Waals surface area contributed by atoms with E-state index in [1.165, 1.54) is 25.7 Å². The second kappa shape index (κ2) is 12.6. The Bertz CT molecular complexity index is 597. The highest BCUT2D eigenvalue weighted by molar-refractivity contribution is 14.0. The molecular formula is C19H35IN6O2. The van der Waals surface area contributed by atoms with Crippen LogP contribution in [0.15, 0.2) is 4.99 Å². The lowest BCUT2D eigenvalue weighted by Crippen LogP contribution is -2.43. The zero-order valence-electron chi connectivity index (χ0n) is 17.2. The maximum Gasteiger partial charge on any atom is 0.191 e. The van der Waals surface area contributed by atoms with E-state index in [2.05, 4.69) is 20.8 Å². The number of guanidine groups is 1. The fraction of sp³-hybridized carbons (Fsp3) is 0.842. The third-order valence-electron chi connectivity index (χ3n) is 5.39. The normalized spacial score (nSPS) is 20.4. The van der Waals surface area contributed by atoms with Crippen LogP contribution < -0.4 is 10.6 Å². The molecule has 1 unspecified atom stereocenters. The average Bonchev–Trinajstić information content (AvgIpc) is 3.41. The standard InChI is InChI=1S/C19H34N6O2.HI/c1-15-23-24-18(25(15)2)12-21-19(22-17-6-3-4-7-17)20-9-5-10-26-13-16-8-11-27-14-16;/h16-17H,3-14H2,1-2H3,(H2,20,21,22);1H. The van der Waals surface area contributed by atoms with Crippen LogP contribution in [-0.2, 0) is 23.1 Å². The Morgan fingerprint density at radius 2 is 2.11 bits per heavy atom. The van der Waals surface area contributed by atoms with E-state index in [4.69, 9.17) is 14.5 Å². The summed E-state index contributed by atoms with van der Waals surface area (Å²) in [6.07, 6.45) is 7.12. The van der Waals surface area contributed by atoms with Crippen LogP contribution in [0.2, 0.25) is 0 Å². The van der Waals surface area contributed by atoms with Gasteiger partial charge in [0.2, 0.25) is 0 Å². The van der Waals surface area contributed by atoms with E-state index >= 15 is 0 Å². The van der Waals surface area contributed by atoms with Gasteiger partial charge in [0.15, 0.2) is 11.8 Å². The van der Waals surface area contributed by atoms with Crippen LogP contribution in [0.25, 0.3) is 0 Å². The molecule has 2 aliphatic rings. The number of nitrogens with zero attached hydrogens (tertiary/aromatic N) is 4. The van der Waals surface area contributed by atoms with Crippen LogP contribution in [-0.4, -0.2) is 59.7 Å². The van der Waals surface area contributed by atoms with Crippen LogP contribution in [0.4, 0.5) is 0 Å². The maximum absolute atomic E-state index is 5.78. The first-order valence-electron chi connectivity index (χ1n) is 10.3. The summed E-state index contributed by atoms with van der Waals surface area (Å²) in [4.78, 5) is 4.73. The summed E-state index contributed by atoms with van der Waals surface area (Å²) in [7, 11) is 1.98. The first-order chi connectivity index (χ1) is 13.2. The fourth-order valence-corrected chi connectivity index (χ4v) is 3.50. The summed E-state index contributed by atoms with van der Waals surface area (Å²) in [5.41, 5.74) is 0. The van der Waals surface area contributed by atoms with Crippen molar-refractivity contribution in [3.63, 3.8) is 0 Å². The van der Waals surface area contributed by atoms with Gasteiger partial charge in [0.05, 0.1) is 13.2 Å². The molecule has 0 aromatic carbocycles. The highest BCUT2D eigenvalue weighted by Gasteiger charge is 2.17. The second-order valence-electron chi connectivity index (χ2n) is 7.60. The van der Waals surface area contributed by atoms with Gasteiger partial charge in [-0.15, -0.1) is 34.2 Å². The van der Waals surface area contributed by atoms with Crippen molar-refractivity contribution in [3.8, 4) is 0 Å². The minimum absolute atomic E-state index is 0. The first kappa shape index (κ1) is 23.3. The van der Waals surface area contributed by atoms with Gasteiger partial charge in [0.1, 0.15) is 12.4 Å². The van der Waals surface area contributed by atoms with Crippen molar-refractivity contribution in [1.29, 1.82) is 0 Å². The number of hydrogen-bond acceptors (Lipinski definition) is 5. The molecule has 0 amide bonds. The third-order valence-corrected chi connectivity index (χ3v) is 5.39. The molecule has 1 saturated carbocycles. The number of hydrogen-bond donors (Lipinski definition) is 2. The molecule has 0 spiro atoms. The summed E-state index contributed by atoms with van der Waals surface area (Å²) in [5.74, 6) is 3.23. The lowest BCUT2D eigenvalue weighted by atomic mass is 10.1. The van der Waals surface area contributed by atoms with Crippen molar-refractivity contribution < 1.29 is 9.47 Å². The van der Waals surface area contributed by atoms with Crippen molar-refractivity contribution in [1.82, 2.24) is 25.4 Å². The smallest absolute Gasteiger partial charge is 0.191 e. The number of aryl methyl sites for hydroxylation is 1. The van der Waals surface area contributed by atoms with Crippen molar-refractivity contribution >= 4 is 29.9 Å². The lowest BCUT2D eigenvalue weighted by Gasteiger charge is -2.17. The van der Waals surface area contributed by atoms with E-state index in [-0.39, 0.29) is 24.0 Å². The van der Waals surface area contributed by atoms with E-state index in [1.807, 2.05) is 18.5 Å². The van der Waals surface area contributed by atoms with E-state index in [0.29, 0.717) is 18.5 Å². The quantitative estimate of drug-likeness (QED) is 0.231. The molecule has 1 aliphatic heterocycles. The highest BCUT2D eigenvalue weighted by atomic mass is 127. The molecule has 3 rings (SSSR count). The fourth-order valence-electron chi connectivity index (χ4n) is 3.50. The topological polar surface area (TPSA) is 85.6 Å². The molecule has 1 saturated heterocycles. The Morgan fingerprint density at radius 3 is 2.79 bits per heavy atom. The van der Waals surface area contributed by atoms with Crippen LogP contribution in [0.3, 0.4) is 0 Å². The molecule has 1 aromatic rings. The molecule has 0 radical (unpaired) electrons. The number of aromatic nitrogens is 3. The molecular weight excluding hydrogens is 471 g/mol. The largest absolute Gasteiger partial charge is 0.381 e. The minimum atomic E-state index is 0. The Hall–Kier alpha value is -0.940. The van der Waals surface area contributed by atoms with Crippen molar-refractivity contribution in [2.75, 3.05) is 33.0 Å². The predicted octanol–water partition coefficient (Wildman–Crippen LogP) is 2.16. The minimum Gasteiger partial charge on any atom is -0.381 e. The predicted molar refractivity (Wildman–Crippen MR) is 120 cm³/mol. The Kier molecular flexibility index (Phi) is 10.5. The molecule has 1 atom stereocenters. The highest BCUT2D eigenvalue weighted by Crippen LogP contribution is 2.17. The maximum atomic E-state index is 5.78. The first-order valence-corrected chi connectivity index (χ1v) is 10.3. The van der Waals surface area contributed by atoms with Crippen molar-refractivity contribution in [2.45, 2.75) is 58.0 Å². The van der Waals surface area contributed by atoms with Crippen LogP contribution in [0, 0.1) is 12.8 Å². The Labute approximate surface area is 185 Å². The van der Waals surface area contributed by atoms with Gasteiger partial charge in [-0.05, 0) is 32.6 Å². The van der Waals surface area contributed by atoms with Gasteiger partial charge in [0.25, 0.3) is 0 Å². The molecule has 0 bridgehead atoms. The molecule has 9 heteroatoms. The van der Waals surface area contributed by atoms with Gasteiger partial charge in [-0.2, -0.15) is 0 Å². The van der Waals surface area contributed by atoms with E-state index in [0.717, 1.165) is 63.4 Å². The Balaban J connectivity index is 0.00000280. The molecule has 2 fully saturated rings. The van der Waals surface area contributed by atoms with Gasteiger partial charge in [0, 0.05) is 38.8 Å². The van der Waals surface area contributed by atoms with Crippen LogP contribution >= 0.6 is 24.0 Å². The van der Waals surface area contributed by atoms with E-state index in [1.54, 1.807) is 0 Å². The SMILES string of the molecule is Cc1nnc(CN=C(NCCCOCC2CCOC2)NC2CCCC2)n1C.I. The molecule has 1 aromatic heterocycles. The molecule has 8 nitrogen and oxygen atoms in total. The summed E-state index contributed by atoms with van der Waals surface area (Å²) in [5, 5.41) is 15.3. The van der Waals surface area contributed by atoms with Gasteiger partial charge < -0.3 is 24.7 Å². The lowest BCUT2D eigenvalue weighted by molar-refractivity contribution is 0.0888. The van der Waals surface area contributed by atoms with E-state index < -0.39 is 0 Å². The van der Waals surface area contributed by atoms with Gasteiger partial charge >= 0.3 is 0 Å². The summed E-state index contributed by atoms with van der Waals surface area (Å²) in [6, 6.07) is 0.524. The number of halogens is 1. The van der Waals surface area contributed by atoms with Crippen molar-refractivity contribution in [2.24, 2.45) is 18.0 Å².